The van der Waals surface area contributed by atoms with E-state index in [0.717, 1.165) is 52.7 Å². The molecule has 5 rings (SSSR count). The highest BCUT2D eigenvalue weighted by Gasteiger charge is 2.45. The predicted molar refractivity (Wildman–Crippen MR) is 161 cm³/mol. The molecule has 1 saturated carbocycles. The van der Waals surface area contributed by atoms with Gasteiger partial charge < -0.3 is 14.7 Å². The van der Waals surface area contributed by atoms with Crippen LogP contribution in [0.1, 0.15) is 56.7 Å². The minimum atomic E-state index is -0.488. The standard InChI is InChI=1S/C33H38N4O2/c1-6-36(7-2)27-18-14-24(15-19-27)33-32-29(34-28-10-8-9-11-30(28)37(33)22(3)38)20-25(21-31(32)39)23-12-16-26(17-13-23)35(4)5/h8-19,25,32-33H,6-7,20-21H2,1-5H3. The number of nitrogens with zero attached hydrogens (tertiary/aromatic N) is 4. The second-order valence-electron chi connectivity index (χ2n) is 10.7. The van der Waals surface area contributed by atoms with E-state index in [-0.39, 0.29) is 17.6 Å². The van der Waals surface area contributed by atoms with Crippen LogP contribution < -0.4 is 14.7 Å². The zero-order chi connectivity index (χ0) is 27.7. The first-order chi connectivity index (χ1) is 18.8. The summed E-state index contributed by atoms with van der Waals surface area (Å²) in [6, 6.07) is 24.2. The lowest BCUT2D eigenvalue weighted by Crippen LogP contribution is -2.45. The lowest BCUT2D eigenvalue weighted by molar-refractivity contribution is -0.123. The van der Waals surface area contributed by atoms with Gasteiger partial charge >= 0.3 is 0 Å². The summed E-state index contributed by atoms with van der Waals surface area (Å²) >= 11 is 0. The number of amides is 1. The summed E-state index contributed by atoms with van der Waals surface area (Å²) in [5.74, 6) is -0.382. The highest BCUT2D eigenvalue weighted by molar-refractivity contribution is 6.13. The molecule has 0 radical (unpaired) electrons. The van der Waals surface area contributed by atoms with Gasteiger partial charge in [0.15, 0.2) is 0 Å². The molecule has 3 aromatic rings. The monoisotopic (exact) mass is 522 g/mol. The summed E-state index contributed by atoms with van der Waals surface area (Å²) in [5, 5.41) is 0. The van der Waals surface area contributed by atoms with Crippen LogP contribution in [0, 0.1) is 5.92 Å². The summed E-state index contributed by atoms with van der Waals surface area (Å²) in [6.07, 6.45) is 1.12. The van der Waals surface area contributed by atoms with Crippen molar-refractivity contribution in [2.75, 3.05) is 41.9 Å². The fourth-order valence-electron chi connectivity index (χ4n) is 6.16. The Labute approximate surface area is 232 Å². The van der Waals surface area contributed by atoms with Crippen LogP contribution in [0.2, 0.25) is 0 Å². The van der Waals surface area contributed by atoms with Crippen molar-refractivity contribution < 1.29 is 9.59 Å². The predicted octanol–water partition coefficient (Wildman–Crippen LogP) is 6.54. The fraction of sp³-hybridized carbons (Fsp3) is 0.364. The van der Waals surface area contributed by atoms with Crippen molar-refractivity contribution in [3.63, 3.8) is 0 Å². The third-order valence-corrected chi connectivity index (χ3v) is 8.19. The molecule has 2 aliphatic rings. The Kier molecular flexibility index (Phi) is 7.56. The molecule has 0 bridgehead atoms. The van der Waals surface area contributed by atoms with Crippen LogP contribution in [0.3, 0.4) is 0 Å². The van der Waals surface area contributed by atoms with Crippen LogP contribution >= 0.6 is 0 Å². The molecular formula is C33H38N4O2. The maximum Gasteiger partial charge on any atom is 0.224 e. The lowest BCUT2D eigenvalue weighted by atomic mass is 9.72. The maximum atomic E-state index is 14.1. The van der Waals surface area contributed by atoms with Crippen molar-refractivity contribution in [1.29, 1.82) is 0 Å². The Balaban J connectivity index is 1.59. The van der Waals surface area contributed by atoms with Gasteiger partial charge in [0.1, 0.15) is 5.78 Å². The van der Waals surface area contributed by atoms with E-state index in [1.165, 1.54) is 0 Å². The normalized spacial score (nSPS) is 20.4. The number of hydrogen-bond acceptors (Lipinski definition) is 5. The largest absolute Gasteiger partial charge is 0.378 e. The third kappa shape index (κ3) is 5.08. The third-order valence-electron chi connectivity index (χ3n) is 8.19. The van der Waals surface area contributed by atoms with Crippen LogP contribution in [0.5, 0.6) is 0 Å². The number of carbonyl (C=O) groups excluding carboxylic acids is 2. The Morgan fingerprint density at radius 2 is 1.49 bits per heavy atom. The maximum absolute atomic E-state index is 14.1. The summed E-state index contributed by atoms with van der Waals surface area (Å²) in [6.45, 7) is 7.71. The number of rotatable bonds is 6. The van der Waals surface area contributed by atoms with Gasteiger partial charge in [0.05, 0.1) is 23.3 Å². The zero-order valence-electron chi connectivity index (χ0n) is 23.6. The summed E-state index contributed by atoms with van der Waals surface area (Å²) in [4.78, 5) is 38.6. The molecule has 202 valence electrons. The van der Waals surface area contributed by atoms with E-state index in [4.69, 9.17) is 4.99 Å². The average molecular weight is 523 g/mol. The van der Waals surface area contributed by atoms with Gasteiger partial charge in [0.2, 0.25) is 5.91 Å². The summed E-state index contributed by atoms with van der Waals surface area (Å²) in [5.41, 5.74) is 6.73. The summed E-state index contributed by atoms with van der Waals surface area (Å²) in [7, 11) is 4.05. The molecule has 1 heterocycles. The minimum absolute atomic E-state index is 0.0606. The van der Waals surface area contributed by atoms with Gasteiger partial charge in [-0.2, -0.15) is 0 Å². The first kappa shape index (κ1) is 26.7. The van der Waals surface area contributed by atoms with E-state index in [1.54, 1.807) is 11.8 Å². The Morgan fingerprint density at radius 3 is 2.10 bits per heavy atom. The second-order valence-corrected chi connectivity index (χ2v) is 10.7. The van der Waals surface area contributed by atoms with Crippen LogP contribution in [0.4, 0.5) is 22.7 Å². The Hall–Kier alpha value is -3.93. The van der Waals surface area contributed by atoms with Gasteiger partial charge in [-0.3, -0.25) is 14.6 Å². The van der Waals surface area contributed by atoms with Crippen molar-refractivity contribution in [2.45, 2.75) is 45.6 Å². The number of benzene rings is 3. The molecule has 6 nitrogen and oxygen atoms in total. The number of anilines is 3. The molecule has 1 aliphatic carbocycles. The number of para-hydroxylation sites is 2. The molecule has 6 heteroatoms. The minimum Gasteiger partial charge on any atom is -0.378 e. The molecule has 0 saturated heterocycles. The summed E-state index contributed by atoms with van der Waals surface area (Å²) < 4.78 is 0. The van der Waals surface area contributed by atoms with Gasteiger partial charge in [-0.05, 0) is 73.7 Å². The lowest BCUT2D eigenvalue weighted by Gasteiger charge is -2.38. The van der Waals surface area contributed by atoms with Crippen molar-refractivity contribution in [1.82, 2.24) is 0 Å². The molecule has 0 aromatic heterocycles. The molecule has 1 fully saturated rings. The van der Waals surface area contributed by atoms with Crippen LogP contribution in [0.25, 0.3) is 0 Å². The highest BCUT2D eigenvalue weighted by Crippen LogP contribution is 2.47. The molecule has 0 spiro atoms. The van der Waals surface area contributed by atoms with Gasteiger partial charge in [0, 0.05) is 57.6 Å². The van der Waals surface area contributed by atoms with E-state index in [0.29, 0.717) is 12.8 Å². The van der Waals surface area contributed by atoms with Crippen LogP contribution in [-0.4, -0.2) is 44.6 Å². The first-order valence-electron chi connectivity index (χ1n) is 13.9. The Morgan fingerprint density at radius 1 is 0.872 bits per heavy atom. The van der Waals surface area contributed by atoms with Gasteiger partial charge in [-0.1, -0.05) is 36.4 Å². The average Bonchev–Trinajstić information content (AvgIpc) is 3.09. The number of carbonyl (C=O) groups is 2. The molecule has 3 atom stereocenters. The van der Waals surface area contributed by atoms with Crippen LogP contribution in [-0.2, 0) is 9.59 Å². The fourth-order valence-corrected chi connectivity index (χ4v) is 6.16. The highest BCUT2D eigenvalue weighted by atomic mass is 16.2. The van der Waals surface area contributed by atoms with Gasteiger partial charge in [-0.25, -0.2) is 0 Å². The molecule has 0 N–H and O–H groups in total. The van der Waals surface area contributed by atoms with Gasteiger partial charge in [-0.15, -0.1) is 0 Å². The molecule has 39 heavy (non-hydrogen) atoms. The molecule has 1 amide bonds. The smallest absolute Gasteiger partial charge is 0.224 e. The molecule has 1 aliphatic heterocycles. The van der Waals surface area contributed by atoms with E-state index in [2.05, 4.69) is 72.2 Å². The molecule has 3 unspecified atom stereocenters. The Bertz CT molecular complexity index is 1370. The van der Waals surface area contributed by atoms with E-state index in [9.17, 15) is 9.59 Å². The van der Waals surface area contributed by atoms with Crippen molar-refractivity contribution in [3.8, 4) is 0 Å². The van der Waals surface area contributed by atoms with E-state index >= 15 is 0 Å². The van der Waals surface area contributed by atoms with Crippen molar-refractivity contribution in [3.05, 3.63) is 83.9 Å². The van der Waals surface area contributed by atoms with Gasteiger partial charge in [0.25, 0.3) is 0 Å². The quantitative estimate of drug-likeness (QED) is 0.369. The number of hydrogen-bond donors (Lipinski definition) is 0. The topological polar surface area (TPSA) is 56.2 Å². The van der Waals surface area contributed by atoms with Crippen molar-refractivity contribution >= 4 is 40.2 Å². The van der Waals surface area contributed by atoms with Crippen LogP contribution in [0.15, 0.2) is 77.8 Å². The van der Waals surface area contributed by atoms with E-state index in [1.807, 2.05) is 38.4 Å². The second kappa shape index (κ2) is 11.0. The first-order valence-corrected chi connectivity index (χ1v) is 13.9. The zero-order valence-corrected chi connectivity index (χ0v) is 23.6. The number of ketones is 1. The van der Waals surface area contributed by atoms with Crippen molar-refractivity contribution in [2.24, 2.45) is 10.9 Å². The number of aliphatic imine (C=N–C) groups is 1. The molecule has 3 aromatic carbocycles. The molecular weight excluding hydrogens is 484 g/mol. The van der Waals surface area contributed by atoms with E-state index < -0.39 is 12.0 Å². The number of fused-ring (bicyclic) bond motifs is 2. The number of Topliss-reactive ketones (excluding diaryl/α,β-unsaturated/α-hetero) is 1. The SMILES string of the molecule is CCN(CC)c1ccc(C2C3C(=O)CC(c4ccc(N(C)C)cc4)CC3=Nc3ccccc3N2C(C)=O)cc1.